The molecule has 1 atom stereocenters. The zero-order valence-corrected chi connectivity index (χ0v) is 10.6. The Morgan fingerprint density at radius 1 is 1.44 bits per heavy atom. The Bertz CT molecular complexity index is 365. The minimum atomic E-state index is -0.532. The van der Waals surface area contributed by atoms with Gasteiger partial charge in [0, 0.05) is 6.54 Å². The normalized spacial score (nSPS) is 12.1. The maximum Gasteiger partial charge on any atom is 0.221 e. The van der Waals surface area contributed by atoms with Crippen LogP contribution in [0.25, 0.3) is 0 Å². The highest BCUT2D eigenvalue weighted by molar-refractivity contribution is 5.76. The highest BCUT2D eigenvalue weighted by atomic mass is 16.5. The molecule has 1 aromatic rings. The lowest BCUT2D eigenvalue weighted by Gasteiger charge is -2.12. The van der Waals surface area contributed by atoms with Crippen LogP contribution < -0.4 is 15.8 Å². The van der Waals surface area contributed by atoms with Crippen LogP contribution in [0.4, 0.5) is 0 Å². The van der Waals surface area contributed by atoms with Gasteiger partial charge in [-0.25, -0.2) is 0 Å². The van der Waals surface area contributed by atoms with Crippen molar-refractivity contribution >= 4 is 5.91 Å². The summed E-state index contributed by atoms with van der Waals surface area (Å²) in [5, 5.41) is 12.6. The first kappa shape index (κ1) is 14.5. The summed E-state index contributed by atoms with van der Waals surface area (Å²) in [5.74, 6) is 0.309. The van der Waals surface area contributed by atoms with Crippen molar-refractivity contribution in [3.8, 4) is 5.75 Å². The molecule has 18 heavy (non-hydrogen) atoms. The fraction of sp³-hybridized carbons (Fsp3) is 0.462. The Labute approximate surface area is 107 Å². The smallest absolute Gasteiger partial charge is 0.221 e. The summed E-state index contributed by atoms with van der Waals surface area (Å²) in [4.78, 5) is 10.7. The predicted molar refractivity (Wildman–Crippen MR) is 69.4 cm³/mol. The Morgan fingerprint density at radius 2 is 2.11 bits per heavy atom. The molecule has 0 aliphatic carbocycles. The van der Waals surface area contributed by atoms with Gasteiger partial charge in [-0.15, -0.1) is 0 Å². The van der Waals surface area contributed by atoms with Gasteiger partial charge in [-0.1, -0.05) is 19.1 Å². The van der Waals surface area contributed by atoms with Crippen LogP contribution in [0.5, 0.6) is 5.75 Å². The molecule has 0 bridgehead atoms. The molecule has 0 aromatic heterocycles. The first-order valence-electron chi connectivity index (χ1n) is 6.00. The van der Waals surface area contributed by atoms with Gasteiger partial charge in [0.2, 0.25) is 5.91 Å². The molecular weight excluding hydrogens is 232 g/mol. The lowest BCUT2D eigenvalue weighted by molar-refractivity contribution is -0.117. The number of benzene rings is 1. The van der Waals surface area contributed by atoms with E-state index in [0.717, 1.165) is 12.1 Å². The maximum absolute atomic E-state index is 10.7. The van der Waals surface area contributed by atoms with Crippen molar-refractivity contribution < 1.29 is 14.6 Å². The molecular formula is C13H20N2O3. The zero-order chi connectivity index (χ0) is 13.4. The van der Waals surface area contributed by atoms with E-state index >= 15 is 0 Å². The van der Waals surface area contributed by atoms with Gasteiger partial charge in [-0.3, -0.25) is 4.79 Å². The van der Waals surface area contributed by atoms with Gasteiger partial charge in [0.1, 0.15) is 18.5 Å². The number of hydrogen-bond donors (Lipinski definition) is 3. The lowest BCUT2D eigenvalue weighted by Crippen LogP contribution is -2.31. The van der Waals surface area contributed by atoms with Gasteiger partial charge >= 0.3 is 0 Å². The first-order valence-corrected chi connectivity index (χ1v) is 6.00. The number of carbonyl (C=O) groups excluding carboxylic acids is 1. The number of hydrogen-bond acceptors (Lipinski definition) is 4. The van der Waals surface area contributed by atoms with Crippen LogP contribution in [0.1, 0.15) is 12.5 Å². The molecule has 0 saturated carbocycles. The van der Waals surface area contributed by atoms with Crippen LogP contribution in [0.2, 0.25) is 0 Å². The molecule has 0 fully saturated rings. The molecule has 0 aliphatic rings. The van der Waals surface area contributed by atoms with E-state index in [1.54, 1.807) is 24.3 Å². The number of carbonyl (C=O) groups is 1. The number of amides is 1. The molecule has 0 saturated heterocycles. The van der Waals surface area contributed by atoms with Crippen molar-refractivity contribution in [3.63, 3.8) is 0 Å². The van der Waals surface area contributed by atoms with Gasteiger partial charge in [0.05, 0.1) is 6.42 Å². The molecule has 0 aliphatic heterocycles. The number of nitrogens with one attached hydrogen (secondary N) is 1. The van der Waals surface area contributed by atoms with Crippen molar-refractivity contribution in [2.75, 3.05) is 19.7 Å². The summed E-state index contributed by atoms with van der Waals surface area (Å²) in [6.07, 6.45) is -0.307. The number of aliphatic hydroxyl groups is 1. The molecule has 0 heterocycles. The van der Waals surface area contributed by atoms with Gasteiger partial charge in [-0.05, 0) is 24.2 Å². The van der Waals surface area contributed by atoms with Crippen molar-refractivity contribution in [1.82, 2.24) is 5.32 Å². The highest BCUT2D eigenvalue weighted by Gasteiger charge is 2.04. The first-order chi connectivity index (χ1) is 8.61. The fourth-order valence-electron chi connectivity index (χ4n) is 1.47. The highest BCUT2D eigenvalue weighted by Crippen LogP contribution is 2.12. The fourth-order valence-corrected chi connectivity index (χ4v) is 1.47. The molecule has 1 rings (SSSR count). The summed E-state index contributed by atoms with van der Waals surface area (Å²) in [7, 11) is 0. The van der Waals surface area contributed by atoms with Crippen LogP contribution in [0, 0.1) is 0 Å². The summed E-state index contributed by atoms with van der Waals surface area (Å²) in [6.45, 7) is 3.54. The zero-order valence-electron chi connectivity index (χ0n) is 10.6. The molecule has 5 heteroatoms. The largest absolute Gasteiger partial charge is 0.491 e. The minimum absolute atomic E-state index is 0.226. The van der Waals surface area contributed by atoms with Gasteiger partial charge in [-0.2, -0.15) is 0 Å². The molecule has 0 unspecified atom stereocenters. The van der Waals surface area contributed by atoms with Gasteiger partial charge in [0.15, 0.2) is 0 Å². The van der Waals surface area contributed by atoms with E-state index in [1.165, 1.54) is 0 Å². The second-order valence-corrected chi connectivity index (χ2v) is 4.06. The molecule has 4 N–H and O–H groups in total. The minimum Gasteiger partial charge on any atom is -0.491 e. The van der Waals surface area contributed by atoms with Crippen LogP contribution in [-0.2, 0) is 11.2 Å². The van der Waals surface area contributed by atoms with Crippen molar-refractivity contribution in [3.05, 3.63) is 29.8 Å². The van der Waals surface area contributed by atoms with Crippen LogP contribution in [0.15, 0.2) is 24.3 Å². The topological polar surface area (TPSA) is 84.6 Å². The van der Waals surface area contributed by atoms with Crippen molar-refractivity contribution in [2.24, 2.45) is 5.73 Å². The van der Waals surface area contributed by atoms with Crippen LogP contribution in [-0.4, -0.2) is 36.8 Å². The van der Waals surface area contributed by atoms with E-state index in [4.69, 9.17) is 10.5 Å². The predicted octanol–water partition coefficient (Wildman–Crippen LogP) is 0.0636. The molecule has 0 spiro atoms. The number of ether oxygens (including phenoxy) is 1. The second-order valence-electron chi connectivity index (χ2n) is 4.06. The average molecular weight is 252 g/mol. The summed E-state index contributed by atoms with van der Waals surface area (Å²) >= 11 is 0. The van der Waals surface area contributed by atoms with Crippen LogP contribution in [0.3, 0.4) is 0 Å². The Morgan fingerprint density at radius 3 is 2.67 bits per heavy atom. The Balaban J connectivity index is 2.36. The van der Waals surface area contributed by atoms with E-state index in [9.17, 15) is 9.90 Å². The quantitative estimate of drug-likeness (QED) is 0.611. The number of primary amides is 1. The summed E-state index contributed by atoms with van der Waals surface area (Å²) < 4.78 is 5.42. The Hall–Kier alpha value is -1.59. The van der Waals surface area contributed by atoms with Crippen LogP contribution >= 0.6 is 0 Å². The summed E-state index contributed by atoms with van der Waals surface area (Å²) in [6, 6.07) is 7.10. The number of likely N-dealkylation sites (N-methyl/N-ethyl adjacent to an activating group) is 1. The third-order valence-electron chi connectivity index (χ3n) is 2.37. The maximum atomic E-state index is 10.7. The second kappa shape index (κ2) is 7.68. The SMILES string of the molecule is CCNC[C@H](O)COc1ccc(CC(N)=O)cc1. The molecule has 0 radical (unpaired) electrons. The molecule has 100 valence electrons. The average Bonchev–Trinajstić information content (AvgIpc) is 2.35. The van der Waals surface area contributed by atoms with E-state index in [-0.39, 0.29) is 18.9 Å². The third kappa shape index (κ3) is 5.65. The van der Waals surface area contributed by atoms with Crippen molar-refractivity contribution in [2.45, 2.75) is 19.4 Å². The summed E-state index contributed by atoms with van der Waals surface area (Å²) in [5.41, 5.74) is 5.95. The lowest BCUT2D eigenvalue weighted by atomic mass is 10.1. The monoisotopic (exact) mass is 252 g/mol. The van der Waals surface area contributed by atoms with Gasteiger partial charge < -0.3 is 20.9 Å². The molecule has 1 aromatic carbocycles. The van der Waals surface area contributed by atoms with E-state index in [1.807, 2.05) is 6.92 Å². The van der Waals surface area contributed by atoms with Gasteiger partial charge in [0.25, 0.3) is 0 Å². The number of rotatable bonds is 8. The number of aliphatic hydroxyl groups excluding tert-OH is 1. The van der Waals surface area contributed by atoms with E-state index < -0.39 is 6.10 Å². The van der Waals surface area contributed by atoms with Crippen molar-refractivity contribution in [1.29, 1.82) is 0 Å². The van der Waals surface area contributed by atoms with E-state index in [0.29, 0.717) is 12.3 Å². The number of nitrogens with two attached hydrogens (primary N) is 1. The third-order valence-corrected chi connectivity index (χ3v) is 2.37. The van der Waals surface area contributed by atoms with E-state index in [2.05, 4.69) is 5.32 Å². The standard InChI is InChI=1S/C13H20N2O3/c1-2-15-8-11(16)9-18-12-5-3-10(4-6-12)7-13(14)17/h3-6,11,15-16H,2,7-9H2,1H3,(H2,14,17)/t11-/m0/s1. The Kier molecular flexibility index (Phi) is 6.18. The molecule has 5 nitrogen and oxygen atoms in total. The molecule has 1 amide bonds.